The van der Waals surface area contributed by atoms with Crippen LogP contribution in [0, 0.1) is 0 Å². The number of H-pyrrole nitrogens is 1. The molecule has 1 aromatic heterocycles. The van der Waals surface area contributed by atoms with Gasteiger partial charge in [0, 0.05) is 17.7 Å². The molecule has 0 bridgehead atoms. The molecule has 0 atom stereocenters. The first-order valence-electron chi connectivity index (χ1n) is 3.95. The molecule has 0 aliphatic heterocycles. The van der Waals surface area contributed by atoms with Crippen LogP contribution in [-0.4, -0.2) is 16.1 Å². The number of aromatic nitrogens is 1. The molecule has 82 valence electrons. The molecule has 0 aromatic carbocycles. The lowest BCUT2D eigenvalue weighted by Gasteiger charge is -2.06. The molecule has 4 N–H and O–H groups in total. The van der Waals surface area contributed by atoms with Gasteiger partial charge in [-0.2, -0.15) is 0 Å². The Hall–Kier alpha value is -1.76. The van der Waals surface area contributed by atoms with Crippen molar-refractivity contribution in [1.82, 2.24) is 4.98 Å². The molecule has 0 fully saturated rings. The van der Waals surface area contributed by atoms with Gasteiger partial charge in [0.05, 0.1) is 0 Å². The number of pyridine rings is 1. The second kappa shape index (κ2) is 4.18. The number of hydrogen-bond donors (Lipinski definition) is 3. The molecule has 0 radical (unpaired) electrons. The van der Waals surface area contributed by atoms with Crippen molar-refractivity contribution in [2.24, 2.45) is 5.73 Å². The number of nitrogens with one attached hydrogen (secondary N) is 1. The smallest absolute Gasteiger partial charge is 0.352 e. The molecule has 1 heterocycles. The van der Waals surface area contributed by atoms with E-state index >= 15 is 0 Å². The van der Waals surface area contributed by atoms with Gasteiger partial charge >= 0.3 is 5.97 Å². The standard InChI is InChI=1S/C8H8F2N2O3/c9-6(10)3-1-5(8(14)15)12-7(13)4(3)2-11/h1,6H,2,11H2,(H,12,13)(H,14,15). The van der Waals surface area contributed by atoms with E-state index in [4.69, 9.17) is 10.8 Å². The van der Waals surface area contributed by atoms with E-state index in [0.717, 1.165) is 6.07 Å². The zero-order chi connectivity index (χ0) is 11.6. The molecule has 0 amide bonds. The number of carbonyl (C=O) groups is 1. The minimum Gasteiger partial charge on any atom is -0.477 e. The van der Waals surface area contributed by atoms with Crippen molar-refractivity contribution in [3.05, 3.63) is 33.2 Å². The van der Waals surface area contributed by atoms with Crippen molar-refractivity contribution in [3.63, 3.8) is 0 Å². The van der Waals surface area contributed by atoms with Crippen molar-refractivity contribution < 1.29 is 18.7 Å². The lowest BCUT2D eigenvalue weighted by atomic mass is 10.1. The van der Waals surface area contributed by atoms with E-state index in [9.17, 15) is 18.4 Å². The molecule has 0 spiro atoms. The Balaban J connectivity index is 3.46. The molecule has 1 rings (SSSR count). The van der Waals surface area contributed by atoms with Crippen LogP contribution in [0.4, 0.5) is 8.78 Å². The van der Waals surface area contributed by atoms with Crippen LogP contribution in [0.5, 0.6) is 0 Å². The third kappa shape index (κ3) is 2.18. The molecular weight excluding hydrogens is 210 g/mol. The summed E-state index contributed by atoms with van der Waals surface area (Å²) in [6.45, 7) is -0.366. The average molecular weight is 218 g/mol. The van der Waals surface area contributed by atoms with Gasteiger partial charge < -0.3 is 15.8 Å². The number of aromatic amines is 1. The number of alkyl halides is 2. The van der Waals surface area contributed by atoms with Crippen molar-refractivity contribution in [3.8, 4) is 0 Å². The number of halogens is 2. The molecule has 0 aliphatic rings. The lowest BCUT2D eigenvalue weighted by Crippen LogP contribution is -2.22. The summed E-state index contributed by atoms with van der Waals surface area (Å²) in [4.78, 5) is 23.6. The minimum absolute atomic E-state index is 0.296. The number of nitrogens with two attached hydrogens (primary N) is 1. The van der Waals surface area contributed by atoms with E-state index in [1.807, 2.05) is 4.98 Å². The van der Waals surface area contributed by atoms with Crippen LogP contribution in [0.3, 0.4) is 0 Å². The van der Waals surface area contributed by atoms with Crippen LogP contribution in [0.15, 0.2) is 10.9 Å². The fraction of sp³-hybridized carbons (Fsp3) is 0.250. The quantitative estimate of drug-likeness (QED) is 0.687. The summed E-state index contributed by atoms with van der Waals surface area (Å²) >= 11 is 0. The Labute approximate surface area is 82.5 Å². The van der Waals surface area contributed by atoms with Gasteiger partial charge in [-0.1, -0.05) is 0 Å². The molecule has 0 saturated carbocycles. The van der Waals surface area contributed by atoms with Crippen molar-refractivity contribution in [2.75, 3.05) is 0 Å². The molecule has 0 unspecified atom stereocenters. The first kappa shape index (κ1) is 11.3. The summed E-state index contributed by atoms with van der Waals surface area (Å²) < 4.78 is 24.9. The minimum atomic E-state index is -2.93. The van der Waals surface area contributed by atoms with Crippen LogP contribution in [-0.2, 0) is 6.54 Å². The van der Waals surface area contributed by atoms with E-state index in [-0.39, 0.29) is 12.1 Å². The number of carboxylic acids is 1. The highest BCUT2D eigenvalue weighted by molar-refractivity contribution is 5.85. The number of aromatic carboxylic acids is 1. The molecule has 0 saturated heterocycles. The van der Waals surface area contributed by atoms with Gasteiger partial charge in [0.1, 0.15) is 5.69 Å². The maximum atomic E-state index is 12.4. The highest BCUT2D eigenvalue weighted by Crippen LogP contribution is 2.20. The van der Waals surface area contributed by atoms with E-state index in [2.05, 4.69) is 0 Å². The zero-order valence-electron chi connectivity index (χ0n) is 7.46. The second-order valence-corrected chi connectivity index (χ2v) is 2.76. The van der Waals surface area contributed by atoms with Gasteiger partial charge in [-0.3, -0.25) is 4.79 Å². The zero-order valence-corrected chi connectivity index (χ0v) is 7.46. The van der Waals surface area contributed by atoms with Crippen molar-refractivity contribution >= 4 is 5.97 Å². The summed E-state index contributed by atoms with van der Waals surface area (Å²) in [7, 11) is 0. The van der Waals surface area contributed by atoms with Crippen LogP contribution < -0.4 is 11.3 Å². The van der Waals surface area contributed by atoms with Gasteiger partial charge in [-0.15, -0.1) is 0 Å². The van der Waals surface area contributed by atoms with Crippen LogP contribution >= 0.6 is 0 Å². The van der Waals surface area contributed by atoms with E-state index in [1.165, 1.54) is 0 Å². The first-order chi connectivity index (χ1) is 6.97. The highest BCUT2D eigenvalue weighted by Gasteiger charge is 2.18. The number of carboxylic acid groups (broad SMARTS) is 1. The third-order valence-corrected chi connectivity index (χ3v) is 1.84. The maximum Gasteiger partial charge on any atom is 0.352 e. The molecule has 7 heteroatoms. The normalized spacial score (nSPS) is 10.7. The van der Waals surface area contributed by atoms with Crippen LogP contribution in [0.2, 0.25) is 0 Å². The van der Waals surface area contributed by atoms with E-state index < -0.39 is 29.2 Å². The maximum absolute atomic E-state index is 12.4. The summed E-state index contributed by atoms with van der Waals surface area (Å²) in [5, 5.41) is 8.53. The van der Waals surface area contributed by atoms with Crippen molar-refractivity contribution in [2.45, 2.75) is 13.0 Å². The largest absolute Gasteiger partial charge is 0.477 e. The summed E-state index contributed by atoms with van der Waals surface area (Å²) in [5.74, 6) is -1.47. The van der Waals surface area contributed by atoms with Gasteiger partial charge in [0.25, 0.3) is 12.0 Å². The van der Waals surface area contributed by atoms with Gasteiger partial charge in [-0.05, 0) is 6.07 Å². The third-order valence-electron chi connectivity index (χ3n) is 1.84. The Morgan fingerprint density at radius 2 is 2.20 bits per heavy atom. The summed E-state index contributed by atoms with van der Waals surface area (Å²) in [6, 6.07) is 0.719. The van der Waals surface area contributed by atoms with Gasteiger partial charge in [-0.25, -0.2) is 13.6 Å². The first-order valence-corrected chi connectivity index (χ1v) is 3.95. The van der Waals surface area contributed by atoms with Gasteiger partial charge in [0.15, 0.2) is 0 Å². The van der Waals surface area contributed by atoms with E-state index in [1.54, 1.807) is 0 Å². The van der Waals surface area contributed by atoms with Gasteiger partial charge in [0.2, 0.25) is 0 Å². The Bertz CT molecular complexity index is 442. The predicted octanol–water partition coefficient (Wildman–Crippen LogP) is 0.469. The van der Waals surface area contributed by atoms with Crippen molar-refractivity contribution in [1.29, 1.82) is 0 Å². The fourth-order valence-corrected chi connectivity index (χ4v) is 1.13. The second-order valence-electron chi connectivity index (χ2n) is 2.76. The molecule has 0 aliphatic carbocycles. The average Bonchev–Trinajstić information content (AvgIpc) is 2.16. The van der Waals surface area contributed by atoms with Crippen LogP contribution in [0.1, 0.15) is 28.0 Å². The summed E-state index contributed by atoms with van der Waals surface area (Å²) in [6.07, 6.45) is -2.93. The summed E-state index contributed by atoms with van der Waals surface area (Å²) in [5.41, 5.74) is 2.71. The fourth-order valence-electron chi connectivity index (χ4n) is 1.13. The number of rotatable bonds is 3. The monoisotopic (exact) mass is 218 g/mol. The van der Waals surface area contributed by atoms with Crippen LogP contribution in [0.25, 0.3) is 0 Å². The Morgan fingerprint density at radius 3 is 2.60 bits per heavy atom. The Kier molecular flexibility index (Phi) is 3.15. The lowest BCUT2D eigenvalue weighted by molar-refractivity contribution is 0.0689. The topological polar surface area (TPSA) is 96.2 Å². The van der Waals surface area contributed by atoms with E-state index in [0.29, 0.717) is 0 Å². The highest BCUT2D eigenvalue weighted by atomic mass is 19.3. The predicted molar refractivity (Wildman–Crippen MR) is 46.9 cm³/mol. The molecule has 5 nitrogen and oxygen atoms in total. The molecule has 1 aromatic rings. The molecular formula is C8H8F2N2O3. The number of hydrogen-bond acceptors (Lipinski definition) is 3. The molecule has 15 heavy (non-hydrogen) atoms. The Morgan fingerprint density at radius 1 is 1.60 bits per heavy atom. The SMILES string of the molecule is NCc1c(C(F)F)cc(C(=O)O)[nH]c1=O.